The van der Waals surface area contributed by atoms with Crippen LogP contribution >= 0.6 is 0 Å². The molecule has 0 amide bonds. The van der Waals surface area contributed by atoms with Crippen molar-refractivity contribution in [3.63, 3.8) is 0 Å². The molecule has 32 heavy (non-hydrogen) atoms. The molecule has 0 fully saturated rings. The molecule has 1 unspecified atom stereocenters. The first-order chi connectivity index (χ1) is 15.8. The molecule has 1 heterocycles. The number of benzene rings is 6. The van der Waals surface area contributed by atoms with Gasteiger partial charge < -0.3 is 4.74 Å². The van der Waals surface area contributed by atoms with Gasteiger partial charge in [-0.1, -0.05) is 97.1 Å². The maximum atomic E-state index is 6.53. The summed E-state index contributed by atoms with van der Waals surface area (Å²) in [5.74, 6) is 2.00. The Morgan fingerprint density at radius 1 is 0.469 bits per heavy atom. The van der Waals surface area contributed by atoms with Crippen LogP contribution < -0.4 is 4.74 Å². The van der Waals surface area contributed by atoms with E-state index >= 15 is 0 Å². The molecule has 0 aromatic heterocycles. The first-order valence-corrected chi connectivity index (χ1v) is 11.1. The maximum absolute atomic E-state index is 6.53. The molecule has 0 saturated carbocycles. The standard InChI is InChI=1S/C31H20O/c1-2-9-22-17-25(14-13-20(22)7-1)30-27-18-23-10-3-4-11-24(23)19-29(27)32-28-16-15-21-8-5-6-12-26(21)31(28)30/h1-19,30H. The summed E-state index contributed by atoms with van der Waals surface area (Å²) in [4.78, 5) is 0. The van der Waals surface area contributed by atoms with Crippen LogP contribution in [0.2, 0.25) is 0 Å². The van der Waals surface area contributed by atoms with Crippen LogP contribution in [-0.4, -0.2) is 0 Å². The predicted molar refractivity (Wildman–Crippen MR) is 133 cm³/mol. The van der Waals surface area contributed by atoms with Crippen LogP contribution in [0.25, 0.3) is 32.3 Å². The second-order valence-electron chi connectivity index (χ2n) is 8.58. The third kappa shape index (κ3) is 2.58. The van der Waals surface area contributed by atoms with Crippen LogP contribution in [0, 0.1) is 0 Å². The van der Waals surface area contributed by atoms with Gasteiger partial charge in [-0.3, -0.25) is 0 Å². The molecule has 1 aliphatic rings. The molecule has 0 saturated heterocycles. The van der Waals surface area contributed by atoms with E-state index in [0.29, 0.717) is 0 Å². The highest BCUT2D eigenvalue weighted by Gasteiger charge is 2.31. The Morgan fingerprint density at radius 3 is 1.91 bits per heavy atom. The van der Waals surface area contributed by atoms with E-state index in [2.05, 4.69) is 115 Å². The SMILES string of the molecule is c1ccc2cc(C3c4cc5ccccc5cc4Oc4ccc5ccccc5c43)ccc2c1. The molecule has 1 heteroatoms. The van der Waals surface area contributed by atoms with E-state index in [0.717, 1.165) is 11.5 Å². The van der Waals surface area contributed by atoms with Crippen molar-refractivity contribution < 1.29 is 4.74 Å². The maximum Gasteiger partial charge on any atom is 0.132 e. The van der Waals surface area contributed by atoms with Gasteiger partial charge in [0.1, 0.15) is 11.5 Å². The van der Waals surface area contributed by atoms with Gasteiger partial charge in [0.2, 0.25) is 0 Å². The third-order valence-corrected chi connectivity index (χ3v) is 6.74. The fraction of sp³-hybridized carbons (Fsp3) is 0.0323. The quantitative estimate of drug-likeness (QED) is 0.265. The van der Waals surface area contributed by atoms with Gasteiger partial charge in [0.25, 0.3) is 0 Å². The Kier molecular flexibility index (Phi) is 3.68. The van der Waals surface area contributed by atoms with Crippen molar-refractivity contribution in [2.45, 2.75) is 5.92 Å². The van der Waals surface area contributed by atoms with E-state index in [1.165, 1.54) is 49.0 Å². The molecular formula is C31H20O. The lowest BCUT2D eigenvalue weighted by Gasteiger charge is -2.30. The summed E-state index contributed by atoms with van der Waals surface area (Å²) in [7, 11) is 0. The van der Waals surface area contributed by atoms with Gasteiger partial charge in [-0.05, 0) is 56.1 Å². The monoisotopic (exact) mass is 408 g/mol. The highest BCUT2D eigenvalue weighted by atomic mass is 16.5. The van der Waals surface area contributed by atoms with E-state index in [-0.39, 0.29) is 5.92 Å². The van der Waals surface area contributed by atoms with Gasteiger partial charge in [-0.2, -0.15) is 0 Å². The molecule has 7 rings (SSSR count). The van der Waals surface area contributed by atoms with Crippen molar-refractivity contribution in [2.75, 3.05) is 0 Å². The molecule has 6 aromatic carbocycles. The molecule has 1 aliphatic heterocycles. The third-order valence-electron chi connectivity index (χ3n) is 6.74. The van der Waals surface area contributed by atoms with Crippen LogP contribution in [0.15, 0.2) is 115 Å². The summed E-state index contributed by atoms with van der Waals surface area (Å²) in [5, 5.41) is 7.46. The largest absolute Gasteiger partial charge is 0.457 e. The van der Waals surface area contributed by atoms with Crippen molar-refractivity contribution in [3.8, 4) is 11.5 Å². The number of hydrogen-bond donors (Lipinski definition) is 0. The number of ether oxygens (including phenoxy) is 1. The minimum Gasteiger partial charge on any atom is -0.457 e. The van der Waals surface area contributed by atoms with Crippen LogP contribution in [0.1, 0.15) is 22.6 Å². The molecule has 0 N–H and O–H groups in total. The van der Waals surface area contributed by atoms with Crippen LogP contribution in [-0.2, 0) is 0 Å². The average molecular weight is 409 g/mol. The summed E-state index contributed by atoms with van der Waals surface area (Å²) in [6, 6.07) is 41.4. The second kappa shape index (κ2) is 6.70. The van der Waals surface area contributed by atoms with Crippen LogP contribution in [0.4, 0.5) is 0 Å². The summed E-state index contributed by atoms with van der Waals surface area (Å²) in [6.07, 6.45) is 0. The molecule has 1 nitrogen and oxygen atoms in total. The van der Waals surface area contributed by atoms with Crippen molar-refractivity contribution in [1.82, 2.24) is 0 Å². The fourth-order valence-corrected chi connectivity index (χ4v) is 5.22. The Hall–Kier alpha value is -4.10. The Morgan fingerprint density at radius 2 is 1.09 bits per heavy atom. The van der Waals surface area contributed by atoms with Gasteiger partial charge in [0.15, 0.2) is 0 Å². The molecule has 0 radical (unpaired) electrons. The number of fused-ring (bicyclic) bond motifs is 6. The molecule has 1 atom stereocenters. The molecular weight excluding hydrogens is 388 g/mol. The van der Waals surface area contributed by atoms with Crippen molar-refractivity contribution in [1.29, 1.82) is 0 Å². The smallest absolute Gasteiger partial charge is 0.132 e. The predicted octanol–water partition coefficient (Wildman–Crippen LogP) is 8.43. The first kappa shape index (κ1) is 17.6. The van der Waals surface area contributed by atoms with E-state index in [4.69, 9.17) is 4.74 Å². The topological polar surface area (TPSA) is 9.23 Å². The second-order valence-corrected chi connectivity index (χ2v) is 8.58. The van der Waals surface area contributed by atoms with Crippen LogP contribution in [0.5, 0.6) is 11.5 Å². The molecule has 0 aliphatic carbocycles. The van der Waals surface area contributed by atoms with E-state index in [1.54, 1.807) is 0 Å². The van der Waals surface area contributed by atoms with Gasteiger partial charge in [0.05, 0.1) is 0 Å². The lowest BCUT2D eigenvalue weighted by Crippen LogP contribution is -2.12. The van der Waals surface area contributed by atoms with Gasteiger partial charge >= 0.3 is 0 Å². The fourth-order valence-electron chi connectivity index (χ4n) is 5.22. The van der Waals surface area contributed by atoms with Crippen molar-refractivity contribution in [3.05, 3.63) is 132 Å². The minimum atomic E-state index is 0.106. The van der Waals surface area contributed by atoms with Crippen molar-refractivity contribution in [2.24, 2.45) is 0 Å². The summed E-state index contributed by atoms with van der Waals surface area (Å²) in [5.41, 5.74) is 3.77. The van der Waals surface area contributed by atoms with E-state index in [1.807, 2.05) is 0 Å². The van der Waals surface area contributed by atoms with Crippen LogP contribution in [0.3, 0.4) is 0 Å². The molecule has 0 spiro atoms. The van der Waals surface area contributed by atoms with Crippen molar-refractivity contribution >= 4 is 32.3 Å². The van der Waals surface area contributed by atoms with E-state index in [9.17, 15) is 0 Å². The highest BCUT2D eigenvalue weighted by molar-refractivity contribution is 5.93. The zero-order valence-electron chi connectivity index (χ0n) is 17.5. The normalized spacial score (nSPS) is 14.8. The zero-order valence-corrected chi connectivity index (χ0v) is 17.5. The van der Waals surface area contributed by atoms with Gasteiger partial charge in [-0.25, -0.2) is 0 Å². The van der Waals surface area contributed by atoms with Gasteiger partial charge in [0, 0.05) is 17.0 Å². The molecule has 150 valence electrons. The molecule has 0 bridgehead atoms. The van der Waals surface area contributed by atoms with E-state index < -0.39 is 0 Å². The Balaban J connectivity index is 1.58. The summed E-state index contributed by atoms with van der Waals surface area (Å²) < 4.78 is 6.53. The number of hydrogen-bond acceptors (Lipinski definition) is 1. The minimum absolute atomic E-state index is 0.106. The zero-order chi connectivity index (χ0) is 21.1. The first-order valence-electron chi connectivity index (χ1n) is 11.1. The average Bonchev–Trinajstić information content (AvgIpc) is 2.85. The molecule has 6 aromatic rings. The lowest BCUT2D eigenvalue weighted by atomic mass is 9.79. The highest BCUT2D eigenvalue weighted by Crippen LogP contribution is 2.51. The summed E-state index contributed by atoms with van der Waals surface area (Å²) in [6.45, 7) is 0. The summed E-state index contributed by atoms with van der Waals surface area (Å²) >= 11 is 0. The number of rotatable bonds is 1. The Bertz CT molecular complexity index is 1660. The lowest BCUT2D eigenvalue weighted by molar-refractivity contribution is 0.455. The Labute approximate surface area is 186 Å². The van der Waals surface area contributed by atoms with Gasteiger partial charge in [-0.15, -0.1) is 0 Å².